The summed E-state index contributed by atoms with van der Waals surface area (Å²) in [5.74, 6) is 0.784. The first kappa shape index (κ1) is 17.0. The summed E-state index contributed by atoms with van der Waals surface area (Å²) < 4.78 is 16.9. The van der Waals surface area contributed by atoms with Crippen molar-refractivity contribution in [3.05, 3.63) is 41.0 Å². The second kappa shape index (κ2) is 7.45. The van der Waals surface area contributed by atoms with E-state index in [0.29, 0.717) is 31.1 Å². The van der Waals surface area contributed by atoms with Gasteiger partial charge in [-0.1, -0.05) is 5.16 Å². The number of nitrogens with one attached hydrogen (secondary N) is 1. The molecular weight excluding hydrogens is 334 g/mol. The zero-order valence-electron chi connectivity index (χ0n) is 14.9. The van der Waals surface area contributed by atoms with Crippen LogP contribution in [0.1, 0.15) is 46.8 Å². The number of aryl methyl sites for hydroxylation is 2. The van der Waals surface area contributed by atoms with Crippen molar-refractivity contribution in [3.8, 4) is 5.75 Å². The van der Waals surface area contributed by atoms with Crippen LogP contribution in [0.5, 0.6) is 5.75 Å². The van der Waals surface area contributed by atoms with E-state index in [9.17, 15) is 4.79 Å². The van der Waals surface area contributed by atoms with Crippen LogP contribution in [0.25, 0.3) is 0 Å². The molecule has 2 aromatic heterocycles. The van der Waals surface area contributed by atoms with Crippen molar-refractivity contribution in [2.24, 2.45) is 0 Å². The Morgan fingerprint density at radius 3 is 3.04 bits per heavy atom. The summed E-state index contributed by atoms with van der Waals surface area (Å²) in [5, 5.41) is 7.07. The second-order valence-electron chi connectivity index (χ2n) is 6.88. The second-order valence-corrected chi connectivity index (χ2v) is 6.88. The van der Waals surface area contributed by atoms with Gasteiger partial charge in [-0.25, -0.2) is 0 Å². The summed E-state index contributed by atoms with van der Waals surface area (Å²) in [6, 6.07) is 3.55. The number of amides is 1. The van der Waals surface area contributed by atoms with Gasteiger partial charge in [0.05, 0.1) is 31.1 Å². The van der Waals surface area contributed by atoms with Crippen molar-refractivity contribution in [2.75, 3.05) is 13.2 Å². The van der Waals surface area contributed by atoms with Crippen LogP contribution in [-0.2, 0) is 17.6 Å². The van der Waals surface area contributed by atoms with Gasteiger partial charge in [0.2, 0.25) is 5.76 Å². The standard InChI is InChI=1S/C19H23N3O4/c1-12-6-7-13(10-20-12)25-17-8-9-24-11-16(17)21-19(23)18-14-4-2-3-5-15(14)22-26-18/h6-7,10,16-17H,2-5,8-9,11H2,1H3,(H,21,23)/t16-,17+/m1/s1. The van der Waals surface area contributed by atoms with Gasteiger partial charge in [-0.3, -0.25) is 9.78 Å². The molecule has 0 aromatic carbocycles. The number of carbonyl (C=O) groups excluding carboxylic acids is 1. The van der Waals surface area contributed by atoms with Gasteiger partial charge in [0.1, 0.15) is 11.9 Å². The summed E-state index contributed by atoms with van der Waals surface area (Å²) >= 11 is 0. The van der Waals surface area contributed by atoms with Crippen LogP contribution >= 0.6 is 0 Å². The summed E-state index contributed by atoms with van der Waals surface area (Å²) in [4.78, 5) is 17.0. The van der Waals surface area contributed by atoms with Crippen LogP contribution in [0.4, 0.5) is 0 Å². The average Bonchev–Trinajstić information content (AvgIpc) is 3.09. The molecule has 0 saturated carbocycles. The van der Waals surface area contributed by atoms with E-state index < -0.39 is 0 Å². The number of pyridine rings is 1. The van der Waals surface area contributed by atoms with Crippen LogP contribution in [0.15, 0.2) is 22.9 Å². The van der Waals surface area contributed by atoms with Crippen LogP contribution < -0.4 is 10.1 Å². The predicted molar refractivity (Wildman–Crippen MR) is 93.2 cm³/mol. The molecule has 0 bridgehead atoms. The molecule has 1 aliphatic carbocycles. The van der Waals surface area contributed by atoms with Gasteiger partial charge in [-0.15, -0.1) is 0 Å². The lowest BCUT2D eigenvalue weighted by atomic mass is 9.96. The summed E-state index contributed by atoms with van der Waals surface area (Å²) in [6.07, 6.45) is 6.12. The molecule has 2 atom stereocenters. The number of aromatic nitrogens is 2. The molecule has 2 aromatic rings. The molecule has 0 radical (unpaired) electrons. The summed E-state index contributed by atoms with van der Waals surface area (Å²) in [7, 11) is 0. The smallest absolute Gasteiger partial charge is 0.290 e. The molecule has 7 nitrogen and oxygen atoms in total. The van der Waals surface area contributed by atoms with E-state index in [1.807, 2.05) is 19.1 Å². The molecule has 0 unspecified atom stereocenters. The molecule has 7 heteroatoms. The normalized spacial score (nSPS) is 22.5. The van der Waals surface area contributed by atoms with Gasteiger partial charge in [0.25, 0.3) is 5.91 Å². The largest absolute Gasteiger partial charge is 0.486 e. The van der Waals surface area contributed by atoms with E-state index in [2.05, 4.69) is 15.5 Å². The van der Waals surface area contributed by atoms with Crippen molar-refractivity contribution < 1.29 is 18.8 Å². The van der Waals surface area contributed by atoms with Gasteiger partial charge < -0.3 is 19.3 Å². The number of fused-ring (bicyclic) bond motifs is 1. The Morgan fingerprint density at radius 2 is 2.19 bits per heavy atom. The van der Waals surface area contributed by atoms with E-state index >= 15 is 0 Å². The van der Waals surface area contributed by atoms with E-state index in [4.69, 9.17) is 14.0 Å². The predicted octanol–water partition coefficient (Wildman–Crippen LogP) is 2.22. The molecule has 4 rings (SSSR count). The minimum absolute atomic E-state index is 0.170. The third kappa shape index (κ3) is 3.58. The summed E-state index contributed by atoms with van der Waals surface area (Å²) in [5.41, 5.74) is 2.80. The zero-order valence-corrected chi connectivity index (χ0v) is 14.9. The topological polar surface area (TPSA) is 86.5 Å². The minimum atomic E-state index is -0.248. The fourth-order valence-corrected chi connectivity index (χ4v) is 3.50. The Morgan fingerprint density at radius 1 is 1.31 bits per heavy atom. The Kier molecular flexibility index (Phi) is 4.88. The van der Waals surface area contributed by atoms with Gasteiger partial charge in [-0.05, 0) is 44.7 Å². The van der Waals surface area contributed by atoms with Crippen LogP contribution in [0.2, 0.25) is 0 Å². The fraction of sp³-hybridized carbons (Fsp3) is 0.526. The lowest BCUT2D eigenvalue weighted by Gasteiger charge is -2.32. The number of hydrogen-bond acceptors (Lipinski definition) is 6. The summed E-state index contributed by atoms with van der Waals surface area (Å²) in [6.45, 7) is 2.94. The highest BCUT2D eigenvalue weighted by Crippen LogP contribution is 2.24. The third-order valence-corrected chi connectivity index (χ3v) is 4.95. The molecule has 1 aliphatic heterocycles. The van der Waals surface area contributed by atoms with E-state index in [1.54, 1.807) is 6.20 Å². The van der Waals surface area contributed by atoms with Crippen LogP contribution in [0, 0.1) is 6.92 Å². The molecule has 138 valence electrons. The van der Waals surface area contributed by atoms with Crippen molar-refractivity contribution in [2.45, 2.75) is 51.2 Å². The van der Waals surface area contributed by atoms with Crippen LogP contribution in [-0.4, -0.2) is 41.4 Å². The van der Waals surface area contributed by atoms with Gasteiger partial charge in [0, 0.05) is 17.7 Å². The van der Waals surface area contributed by atoms with E-state index in [0.717, 1.165) is 42.6 Å². The van der Waals surface area contributed by atoms with Gasteiger partial charge in [0.15, 0.2) is 0 Å². The molecule has 26 heavy (non-hydrogen) atoms. The number of carbonyl (C=O) groups is 1. The Labute approximate surface area is 152 Å². The first-order valence-corrected chi connectivity index (χ1v) is 9.16. The third-order valence-electron chi connectivity index (χ3n) is 4.95. The number of rotatable bonds is 4. The quantitative estimate of drug-likeness (QED) is 0.903. The molecule has 1 fully saturated rings. The van der Waals surface area contributed by atoms with Crippen molar-refractivity contribution in [1.29, 1.82) is 0 Å². The average molecular weight is 357 g/mol. The number of nitrogens with zero attached hydrogens (tertiary/aromatic N) is 2. The van der Waals surface area contributed by atoms with Crippen molar-refractivity contribution in [3.63, 3.8) is 0 Å². The minimum Gasteiger partial charge on any atom is -0.486 e. The first-order chi connectivity index (χ1) is 12.7. The van der Waals surface area contributed by atoms with Crippen molar-refractivity contribution in [1.82, 2.24) is 15.5 Å². The van der Waals surface area contributed by atoms with Crippen molar-refractivity contribution >= 4 is 5.91 Å². The molecule has 1 amide bonds. The molecular formula is C19H23N3O4. The van der Waals surface area contributed by atoms with E-state index in [-0.39, 0.29) is 18.1 Å². The number of hydrogen-bond donors (Lipinski definition) is 1. The molecule has 3 heterocycles. The lowest BCUT2D eigenvalue weighted by molar-refractivity contribution is -0.00343. The SMILES string of the molecule is Cc1ccc(O[C@H]2CCOC[C@H]2NC(=O)c2onc3c2CCCC3)cn1. The zero-order chi connectivity index (χ0) is 17.9. The molecule has 1 N–H and O–H groups in total. The first-order valence-electron chi connectivity index (χ1n) is 9.16. The lowest BCUT2D eigenvalue weighted by Crippen LogP contribution is -2.51. The maximum atomic E-state index is 12.7. The highest BCUT2D eigenvalue weighted by molar-refractivity contribution is 5.93. The fourth-order valence-electron chi connectivity index (χ4n) is 3.50. The molecule has 2 aliphatic rings. The molecule has 1 saturated heterocycles. The van der Waals surface area contributed by atoms with Crippen LogP contribution in [0.3, 0.4) is 0 Å². The van der Waals surface area contributed by atoms with E-state index in [1.165, 1.54) is 0 Å². The maximum absolute atomic E-state index is 12.7. The van der Waals surface area contributed by atoms with Gasteiger partial charge in [-0.2, -0.15) is 0 Å². The molecule has 0 spiro atoms. The highest BCUT2D eigenvalue weighted by Gasteiger charge is 2.32. The highest BCUT2D eigenvalue weighted by atomic mass is 16.5. The monoisotopic (exact) mass is 357 g/mol. The Hall–Kier alpha value is -2.41. The maximum Gasteiger partial charge on any atom is 0.290 e. The van der Waals surface area contributed by atoms with Gasteiger partial charge >= 0.3 is 0 Å². The Bertz CT molecular complexity index is 772. The Balaban J connectivity index is 1.45. The number of ether oxygens (including phenoxy) is 2.